The third-order valence-electron chi connectivity index (χ3n) is 9.87. The minimum Gasteiger partial charge on any atom is -0.311 e. The maximum atomic E-state index is 2.42. The van der Waals surface area contributed by atoms with Crippen molar-refractivity contribution in [1.29, 1.82) is 0 Å². The molecule has 0 aliphatic heterocycles. The highest BCUT2D eigenvalue weighted by molar-refractivity contribution is 7.25. The van der Waals surface area contributed by atoms with E-state index in [1.54, 1.807) is 0 Å². The maximum Gasteiger partial charge on any atom is 0.0462 e. The second kappa shape index (κ2) is 10.8. The van der Waals surface area contributed by atoms with E-state index in [1.807, 2.05) is 11.3 Å². The number of hydrogen-bond donors (Lipinski definition) is 0. The summed E-state index contributed by atoms with van der Waals surface area (Å²) in [6.07, 6.45) is 0. The standard InChI is InChI=1S/C45H33NS/c1-45(2)41-16-10-9-15-37(41)38-24-19-33(29-42(38)45)32-21-26-44-40(28-32)39-27-31(20-25-43(39)47-44)30-17-22-36(23-18-30)46(34-11-5-3-6-12-34)35-13-7-4-8-14-35/h3-29H,1-2H3. The Morgan fingerprint density at radius 2 is 0.872 bits per heavy atom. The third kappa shape index (κ3) is 4.60. The van der Waals surface area contributed by atoms with Gasteiger partial charge in [0, 0.05) is 42.6 Å². The number of fused-ring (bicyclic) bond motifs is 6. The summed E-state index contributed by atoms with van der Waals surface area (Å²) in [7, 11) is 0. The molecule has 224 valence electrons. The molecule has 1 nitrogen and oxygen atoms in total. The van der Waals surface area contributed by atoms with E-state index in [0.29, 0.717) is 0 Å². The predicted octanol–water partition coefficient (Wildman–Crippen LogP) is 13.2. The highest BCUT2D eigenvalue weighted by atomic mass is 32.1. The van der Waals surface area contributed by atoms with Gasteiger partial charge in [-0.05, 0) is 111 Å². The third-order valence-corrected chi connectivity index (χ3v) is 11.0. The van der Waals surface area contributed by atoms with Crippen LogP contribution < -0.4 is 4.90 Å². The second-order valence-electron chi connectivity index (χ2n) is 13.0. The fourth-order valence-corrected chi connectivity index (χ4v) is 8.49. The molecule has 9 rings (SSSR count). The Bertz CT molecular complexity index is 2380. The molecule has 47 heavy (non-hydrogen) atoms. The molecule has 0 fully saturated rings. The van der Waals surface area contributed by atoms with E-state index >= 15 is 0 Å². The molecule has 0 radical (unpaired) electrons. The highest BCUT2D eigenvalue weighted by Gasteiger charge is 2.35. The lowest BCUT2D eigenvalue weighted by Crippen LogP contribution is -2.14. The summed E-state index contributed by atoms with van der Waals surface area (Å²) in [5, 5.41) is 2.64. The van der Waals surface area contributed by atoms with Crippen LogP contribution in [-0.4, -0.2) is 0 Å². The van der Waals surface area contributed by atoms with Crippen molar-refractivity contribution in [3.8, 4) is 33.4 Å². The van der Waals surface area contributed by atoms with Crippen molar-refractivity contribution < 1.29 is 0 Å². The van der Waals surface area contributed by atoms with Gasteiger partial charge in [0.25, 0.3) is 0 Å². The van der Waals surface area contributed by atoms with E-state index < -0.39 is 0 Å². The Morgan fingerprint density at radius 1 is 0.404 bits per heavy atom. The van der Waals surface area contributed by atoms with E-state index in [0.717, 1.165) is 17.1 Å². The first kappa shape index (κ1) is 27.8. The fourth-order valence-electron chi connectivity index (χ4n) is 7.42. The van der Waals surface area contributed by atoms with Gasteiger partial charge >= 0.3 is 0 Å². The van der Waals surface area contributed by atoms with Crippen molar-refractivity contribution in [2.24, 2.45) is 0 Å². The van der Waals surface area contributed by atoms with Crippen LogP contribution in [0, 0.1) is 0 Å². The molecule has 0 bridgehead atoms. The van der Waals surface area contributed by atoms with Gasteiger partial charge in [-0.3, -0.25) is 0 Å². The highest BCUT2D eigenvalue weighted by Crippen LogP contribution is 2.50. The molecule has 7 aromatic carbocycles. The van der Waals surface area contributed by atoms with Crippen LogP contribution in [-0.2, 0) is 5.41 Å². The summed E-state index contributed by atoms with van der Waals surface area (Å²) in [5.41, 5.74) is 14.0. The molecule has 0 saturated carbocycles. The summed E-state index contributed by atoms with van der Waals surface area (Å²) in [6.45, 7) is 4.71. The topological polar surface area (TPSA) is 3.24 Å². The summed E-state index contributed by atoms with van der Waals surface area (Å²) >= 11 is 1.88. The Kier molecular flexibility index (Phi) is 6.41. The molecule has 0 unspecified atom stereocenters. The average molecular weight is 620 g/mol. The summed E-state index contributed by atoms with van der Waals surface area (Å²) in [5.74, 6) is 0. The Hall–Kier alpha value is -5.44. The van der Waals surface area contributed by atoms with Crippen molar-refractivity contribution in [1.82, 2.24) is 0 Å². The van der Waals surface area contributed by atoms with Crippen LogP contribution >= 0.6 is 11.3 Å². The van der Waals surface area contributed by atoms with E-state index in [9.17, 15) is 0 Å². The van der Waals surface area contributed by atoms with Gasteiger partial charge < -0.3 is 4.90 Å². The largest absolute Gasteiger partial charge is 0.311 e. The predicted molar refractivity (Wildman–Crippen MR) is 202 cm³/mol. The lowest BCUT2D eigenvalue weighted by Gasteiger charge is -2.25. The van der Waals surface area contributed by atoms with E-state index in [1.165, 1.54) is 64.7 Å². The number of thiophene rings is 1. The molecular formula is C45H33NS. The lowest BCUT2D eigenvalue weighted by atomic mass is 9.81. The van der Waals surface area contributed by atoms with Gasteiger partial charge in [-0.15, -0.1) is 11.3 Å². The second-order valence-corrected chi connectivity index (χ2v) is 14.1. The number of para-hydroxylation sites is 2. The van der Waals surface area contributed by atoms with Crippen molar-refractivity contribution in [3.05, 3.63) is 175 Å². The lowest BCUT2D eigenvalue weighted by molar-refractivity contribution is 0.660. The first-order valence-electron chi connectivity index (χ1n) is 16.3. The van der Waals surface area contributed by atoms with Crippen molar-refractivity contribution in [3.63, 3.8) is 0 Å². The Balaban J connectivity index is 1.08. The first-order chi connectivity index (χ1) is 23.0. The SMILES string of the molecule is CC1(C)c2ccccc2-c2ccc(-c3ccc4sc5ccc(-c6ccc(N(c7ccccc7)c7ccccc7)cc6)cc5c4c3)cc21. The van der Waals surface area contributed by atoms with Crippen LogP contribution in [0.5, 0.6) is 0 Å². The smallest absolute Gasteiger partial charge is 0.0462 e. The van der Waals surface area contributed by atoms with Crippen LogP contribution in [0.3, 0.4) is 0 Å². The average Bonchev–Trinajstić information content (AvgIpc) is 3.60. The number of benzene rings is 7. The summed E-state index contributed by atoms with van der Waals surface area (Å²) in [6, 6.07) is 59.9. The van der Waals surface area contributed by atoms with E-state index in [2.05, 4.69) is 183 Å². The van der Waals surface area contributed by atoms with E-state index in [-0.39, 0.29) is 5.41 Å². The zero-order valence-corrected chi connectivity index (χ0v) is 27.3. The molecule has 0 amide bonds. The quantitative estimate of drug-likeness (QED) is 0.185. The number of nitrogens with zero attached hydrogens (tertiary/aromatic N) is 1. The molecule has 1 aliphatic carbocycles. The molecule has 8 aromatic rings. The van der Waals surface area contributed by atoms with Crippen LogP contribution in [0.25, 0.3) is 53.6 Å². The molecular weight excluding hydrogens is 587 g/mol. The minimum atomic E-state index is -0.00914. The van der Waals surface area contributed by atoms with Gasteiger partial charge in [0.05, 0.1) is 0 Å². The van der Waals surface area contributed by atoms with Gasteiger partial charge in [-0.1, -0.05) is 111 Å². The molecule has 0 saturated heterocycles. The Labute approximate surface area is 280 Å². The molecule has 0 N–H and O–H groups in total. The van der Waals surface area contributed by atoms with Gasteiger partial charge in [0.2, 0.25) is 0 Å². The molecule has 1 aromatic heterocycles. The maximum absolute atomic E-state index is 2.42. The van der Waals surface area contributed by atoms with Crippen LogP contribution in [0.1, 0.15) is 25.0 Å². The van der Waals surface area contributed by atoms with Crippen molar-refractivity contribution in [2.45, 2.75) is 19.3 Å². The molecule has 0 atom stereocenters. The van der Waals surface area contributed by atoms with Gasteiger partial charge in [0.1, 0.15) is 0 Å². The normalized spacial score (nSPS) is 13.1. The number of hydrogen-bond acceptors (Lipinski definition) is 2. The molecule has 0 spiro atoms. The van der Waals surface area contributed by atoms with Gasteiger partial charge in [-0.25, -0.2) is 0 Å². The molecule has 2 heteroatoms. The Morgan fingerprint density at radius 3 is 1.51 bits per heavy atom. The van der Waals surface area contributed by atoms with Gasteiger partial charge in [0.15, 0.2) is 0 Å². The van der Waals surface area contributed by atoms with Crippen molar-refractivity contribution >= 4 is 48.6 Å². The monoisotopic (exact) mass is 619 g/mol. The van der Waals surface area contributed by atoms with Crippen LogP contribution in [0.2, 0.25) is 0 Å². The van der Waals surface area contributed by atoms with Gasteiger partial charge in [-0.2, -0.15) is 0 Å². The summed E-state index contributed by atoms with van der Waals surface area (Å²) in [4.78, 5) is 2.31. The fraction of sp³-hybridized carbons (Fsp3) is 0.0667. The zero-order valence-electron chi connectivity index (χ0n) is 26.4. The summed E-state index contributed by atoms with van der Waals surface area (Å²) < 4.78 is 2.65. The van der Waals surface area contributed by atoms with E-state index in [4.69, 9.17) is 0 Å². The molecule has 1 aliphatic rings. The van der Waals surface area contributed by atoms with Crippen LogP contribution in [0.4, 0.5) is 17.1 Å². The van der Waals surface area contributed by atoms with Crippen LogP contribution in [0.15, 0.2) is 164 Å². The van der Waals surface area contributed by atoms with Crippen molar-refractivity contribution in [2.75, 3.05) is 4.90 Å². The first-order valence-corrected chi connectivity index (χ1v) is 17.1. The number of anilines is 3. The molecule has 1 heterocycles. The number of rotatable bonds is 5. The minimum absolute atomic E-state index is 0.00914. The zero-order chi connectivity index (χ0) is 31.5.